The summed E-state index contributed by atoms with van der Waals surface area (Å²) in [5.41, 5.74) is 0.215. The Hall–Kier alpha value is -1.84. The Kier molecular flexibility index (Phi) is 4.58. The van der Waals surface area contributed by atoms with E-state index >= 15 is 0 Å². The fourth-order valence-corrected chi connectivity index (χ4v) is 1.75. The van der Waals surface area contributed by atoms with Crippen LogP contribution in [0.15, 0.2) is 24.3 Å². The van der Waals surface area contributed by atoms with Crippen molar-refractivity contribution in [1.29, 1.82) is 0 Å². The number of nitrogens with zero attached hydrogens (tertiary/aromatic N) is 1. The van der Waals surface area contributed by atoms with Crippen LogP contribution in [0, 0.1) is 6.92 Å². The first-order valence-electron chi connectivity index (χ1n) is 6.60. The smallest absolute Gasteiger partial charge is 0.411 e. The Labute approximate surface area is 120 Å². The van der Waals surface area contributed by atoms with Gasteiger partial charge in [0.1, 0.15) is 17.4 Å². The van der Waals surface area contributed by atoms with Crippen molar-refractivity contribution in [2.45, 2.75) is 45.8 Å². The van der Waals surface area contributed by atoms with E-state index in [1.54, 1.807) is 34.7 Å². The lowest BCUT2D eigenvalue weighted by Crippen LogP contribution is -2.48. The van der Waals surface area contributed by atoms with E-state index in [1.165, 1.54) is 4.90 Å². The third-order valence-corrected chi connectivity index (χ3v) is 3.23. The third-order valence-electron chi connectivity index (χ3n) is 3.23. The summed E-state index contributed by atoms with van der Waals surface area (Å²) < 4.78 is 5.32. The van der Waals surface area contributed by atoms with Gasteiger partial charge in [-0.3, -0.25) is 4.90 Å². The zero-order valence-corrected chi connectivity index (χ0v) is 13.1. The quantitative estimate of drug-likeness (QED) is 0.797. The fourth-order valence-electron chi connectivity index (χ4n) is 1.75. The Morgan fingerprint density at radius 3 is 2.05 bits per heavy atom. The van der Waals surface area contributed by atoms with Crippen LogP contribution in [0.4, 0.5) is 4.79 Å². The lowest BCUT2D eigenvalue weighted by molar-refractivity contribution is -0.117. The van der Waals surface area contributed by atoms with Gasteiger partial charge in [-0.05, 0) is 40.2 Å². The minimum atomic E-state index is -1.05. The SMILES string of the molecule is Cc1ccc(C(C)(C=O)N(C)C(=O)OC(C)(C)C)cc1. The number of hydrogen-bond donors (Lipinski definition) is 0. The van der Waals surface area contributed by atoms with Crippen molar-refractivity contribution in [1.82, 2.24) is 4.90 Å². The van der Waals surface area contributed by atoms with Crippen LogP contribution < -0.4 is 0 Å². The Bertz CT molecular complexity index is 487. The largest absolute Gasteiger partial charge is 0.444 e. The van der Waals surface area contributed by atoms with E-state index < -0.39 is 17.2 Å². The second kappa shape index (κ2) is 5.65. The second-order valence-electron chi connectivity index (χ2n) is 6.17. The van der Waals surface area contributed by atoms with Gasteiger partial charge >= 0.3 is 6.09 Å². The average Bonchev–Trinajstić information content (AvgIpc) is 2.35. The number of carbonyl (C=O) groups is 2. The molecule has 0 aliphatic heterocycles. The Morgan fingerprint density at radius 2 is 1.65 bits per heavy atom. The zero-order valence-electron chi connectivity index (χ0n) is 13.1. The molecule has 0 spiro atoms. The molecule has 0 saturated carbocycles. The molecule has 0 N–H and O–H groups in total. The van der Waals surface area contributed by atoms with E-state index in [0.717, 1.165) is 17.4 Å². The topological polar surface area (TPSA) is 46.6 Å². The van der Waals surface area contributed by atoms with Gasteiger partial charge in [-0.1, -0.05) is 29.8 Å². The standard InChI is InChI=1S/C16H23NO3/c1-12-7-9-13(10-8-12)16(5,11-18)17(6)14(19)20-15(2,3)4/h7-11H,1-6H3. The number of rotatable bonds is 3. The van der Waals surface area contributed by atoms with Gasteiger partial charge in [-0.25, -0.2) is 4.79 Å². The van der Waals surface area contributed by atoms with Crippen molar-refractivity contribution in [3.63, 3.8) is 0 Å². The summed E-state index contributed by atoms with van der Waals surface area (Å²) in [6, 6.07) is 7.54. The maximum absolute atomic E-state index is 12.1. The number of ether oxygens (including phenoxy) is 1. The summed E-state index contributed by atoms with van der Waals surface area (Å²) in [4.78, 5) is 25.1. The number of carbonyl (C=O) groups excluding carboxylic acids is 2. The van der Waals surface area contributed by atoms with Crippen molar-refractivity contribution >= 4 is 12.4 Å². The van der Waals surface area contributed by atoms with Crippen molar-refractivity contribution in [2.75, 3.05) is 7.05 Å². The number of aldehydes is 1. The summed E-state index contributed by atoms with van der Waals surface area (Å²) in [7, 11) is 1.57. The zero-order chi connectivity index (χ0) is 15.6. The lowest BCUT2D eigenvalue weighted by atomic mass is 9.91. The fraction of sp³-hybridized carbons (Fsp3) is 0.500. The van der Waals surface area contributed by atoms with Crippen LogP contribution in [-0.2, 0) is 15.1 Å². The maximum atomic E-state index is 12.1. The molecule has 0 aliphatic rings. The van der Waals surface area contributed by atoms with E-state index in [2.05, 4.69) is 0 Å². The molecule has 0 saturated heterocycles. The van der Waals surface area contributed by atoms with Gasteiger partial charge in [0.25, 0.3) is 0 Å². The molecular formula is C16H23NO3. The minimum absolute atomic E-state index is 0.521. The molecule has 0 bridgehead atoms. The van der Waals surface area contributed by atoms with Crippen LogP contribution in [0.25, 0.3) is 0 Å². The van der Waals surface area contributed by atoms with Crippen LogP contribution in [0.2, 0.25) is 0 Å². The van der Waals surface area contributed by atoms with Crippen LogP contribution in [0.1, 0.15) is 38.8 Å². The molecule has 4 nitrogen and oxygen atoms in total. The molecule has 1 rings (SSSR count). The molecule has 4 heteroatoms. The van der Waals surface area contributed by atoms with Gasteiger partial charge < -0.3 is 9.53 Å². The monoisotopic (exact) mass is 277 g/mol. The summed E-state index contributed by atoms with van der Waals surface area (Å²) in [6.45, 7) is 9.06. The number of likely N-dealkylation sites (N-methyl/N-ethyl adjacent to an activating group) is 1. The second-order valence-corrected chi connectivity index (χ2v) is 6.17. The first-order valence-corrected chi connectivity index (χ1v) is 6.60. The number of benzene rings is 1. The summed E-state index contributed by atoms with van der Waals surface area (Å²) >= 11 is 0. The van der Waals surface area contributed by atoms with E-state index in [0.29, 0.717) is 0 Å². The minimum Gasteiger partial charge on any atom is -0.444 e. The van der Waals surface area contributed by atoms with Crippen molar-refractivity contribution in [3.05, 3.63) is 35.4 Å². The van der Waals surface area contributed by atoms with E-state index in [4.69, 9.17) is 4.74 Å². The first kappa shape index (κ1) is 16.2. The van der Waals surface area contributed by atoms with Crippen molar-refractivity contribution < 1.29 is 14.3 Å². The third kappa shape index (κ3) is 3.59. The van der Waals surface area contributed by atoms with E-state index in [1.807, 2.05) is 31.2 Å². The van der Waals surface area contributed by atoms with Crippen molar-refractivity contribution in [2.24, 2.45) is 0 Å². The Morgan fingerprint density at radius 1 is 1.15 bits per heavy atom. The molecule has 110 valence electrons. The van der Waals surface area contributed by atoms with E-state index in [9.17, 15) is 9.59 Å². The maximum Gasteiger partial charge on any atom is 0.411 e. The normalized spacial score (nSPS) is 14.3. The molecule has 0 heterocycles. The highest BCUT2D eigenvalue weighted by Gasteiger charge is 2.36. The molecule has 20 heavy (non-hydrogen) atoms. The molecule has 0 aromatic heterocycles. The predicted octanol–water partition coefficient (Wildman–Crippen LogP) is 3.28. The van der Waals surface area contributed by atoms with Crippen LogP contribution in [0.3, 0.4) is 0 Å². The molecule has 1 unspecified atom stereocenters. The summed E-state index contributed by atoms with van der Waals surface area (Å²) in [5.74, 6) is 0. The number of aryl methyl sites for hydroxylation is 1. The van der Waals surface area contributed by atoms with Gasteiger partial charge in [-0.2, -0.15) is 0 Å². The Balaban J connectivity index is 3.07. The molecule has 0 radical (unpaired) electrons. The molecule has 1 amide bonds. The lowest BCUT2D eigenvalue weighted by Gasteiger charge is -2.35. The summed E-state index contributed by atoms with van der Waals surface area (Å²) in [5, 5.41) is 0. The highest BCUT2D eigenvalue weighted by Crippen LogP contribution is 2.27. The molecular weight excluding hydrogens is 254 g/mol. The summed E-state index contributed by atoms with van der Waals surface area (Å²) in [6.07, 6.45) is 0.245. The van der Waals surface area contributed by atoms with Gasteiger partial charge in [0.15, 0.2) is 0 Å². The number of amides is 1. The first-order chi connectivity index (χ1) is 9.10. The highest BCUT2D eigenvalue weighted by molar-refractivity contribution is 5.77. The van der Waals surface area contributed by atoms with Gasteiger partial charge in [0, 0.05) is 7.05 Å². The molecule has 1 atom stereocenters. The average molecular weight is 277 g/mol. The van der Waals surface area contributed by atoms with Crippen molar-refractivity contribution in [3.8, 4) is 0 Å². The number of hydrogen-bond acceptors (Lipinski definition) is 3. The van der Waals surface area contributed by atoms with Gasteiger partial charge in [0.2, 0.25) is 0 Å². The molecule has 1 aromatic carbocycles. The highest BCUT2D eigenvalue weighted by atomic mass is 16.6. The van der Waals surface area contributed by atoms with Gasteiger partial charge in [0.05, 0.1) is 0 Å². The predicted molar refractivity (Wildman–Crippen MR) is 78.6 cm³/mol. The van der Waals surface area contributed by atoms with Crippen LogP contribution in [0.5, 0.6) is 0 Å². The molecule has 1 aromatic rings. The molecule has 0 aliphatic carbocycles. The van der Waals surface area contributed by atoms with Crippen LogP contribution in [-0.4, -0.2) is 29.9 Å². The van der Waals surface area contributed by atoms with Crippen LogP contribution >= 0.6 is 0 Å². The molecule has 0 fully saturated rings. The van der Waals surface area contributed by atoms with Gasteiger partial charge in [-0.15, -0.1) is 0 Å². The van der Waals surface area contributed by atoms with E-state index in [-0.39, 0.29) is 0 Å².